The zero-order valence-corrected chi connectivity index (χ0v) is 20.8. The van der Waals surface area contributed by atoms with Gasteiger partial charge in [0, 0.05) is 54.5 Å². The number of piperazine rings is 1. The molecule has 0 bridgehead atoms. The van der Waals surface area contributed by atoms with E-state index in [-0.39, 0.29) is 11.6 Å². The maximum atomic E-state index is 14.0. The van der Waals surface area contributed by atoms with Crippen molar-refractivity contribution in [2.45, 2.75) is 19.3 Å². The van der Waals surface area contributed by atoms with Gasteiger partial charge in [0.25, 0.3) is 0 Å². The van der Waals surface area contributed by atoms with Crippen molar-refractivity contribution in [2.24, 2.45) is 0 Å². The molecule has 0 saturated carbocycles. The standard InChI is InChI=1S/C31H30FN3O2/c32-27-10-4-5-11-28(27)35-17-15-34(16-18-35)14-6-1-7-19-37-23-20-22-12-13-33-30-24-8-2-3-9-25(24)31(36)26(21-23)29(22)30/h2-5,8-13,20-21H,1,6-7,14-19H2. The summed E-state index contributed by atoms with van der Waals surface area (Å²) in [5.74, 6) is 0.622. The van der Waals surface area contributed by atoms with Crippen molar-refractivity contribution >= 4 is 22.2 Å². The van der Waals surface area contributed by atoms with Gasteiger partial charge in [-0.3, -0.25) is 14.7 Å². The van der Waals surface area contributed by atoms with E-state index < -0.39 is 0 Å². The zero-order chi connectivity index (χ0) is 25.2. The first-order valence-electron chi connectivity index (χ1n) is 13.1. The van der Waals surface area contributed by atoms with Crippen LogP contribution < -0.4 is 9.64 Å². The van der Waals surface area contributed by atoms with Crippen LogP contribution in [0.25, 0.3) is 22.0 Å². The fourth-order valence-electron chi connectivity index (χ4n) is 5.51. The molecule has 1 saturated heterocycles. The second-order valence-corrected chi connectivity index (χ2v) is 9.79. The Hall–Kier alpha value is -3.77. The molecule has 188 valence electrons. The maximum absolute atomic E-state index is 14.0. The van der Waals surface area contributed by atoms with Crippen molar-refractivity contribution in [3.8, 4) is 17.0 Å². The number of benzene rings is 3. The smallest absolute Gasteiger partial charge is 0.194 e. The monoisotopic (exact) mass is 495 g/mol. The predicted molar refractivity (Wildman–Crippen MR) is 145 cm³/mol. The van der Waals surface area contributed by atoms with E-state index in [2.05, 4.69) is 14.8 Å². The molecule has 5 nitrogen and oxygen atoms in total. The van der Waals surface area contributed by atoms with Crippen molar-refractivity contribution in [1.82, 2.24) is 9.88 Å². The molecule has 1 aliphatic carbocycles. The molecule has 2 heterocycles. The van der Waals surface area contributed by atoms with Gasteiger partial charge in [-0.25, -0.2) is 4.39 Å². The summed E-state index contributed by atoms with van der Waals surface area (Å²) in [4.78, 5) is 22.4. The Labute approximate surface area is 216 Å². The van der Waals surface area contributed by atoms with Crippen molar-refractivity contribution < 1.29 is 13.9 Å². The first kappa shape index (κ1) is 23.6. The fraction of sp³-hybridized carbons (Fsp3) is 0.290. The molecule has 0 spiro atoms. The zero-order valence-electron chi connectivity index (χ0n) is 20.8. The van der Waals surface area contributed by atoms with Gasteiger partial charge in [-0.2, -0.15) is 0 Å². The number of carbonyl (C=O) groups excluding carboxylic acids is 1. The number of hydrogen-bond acceptors (Lipinski definition) is 5. The van der Waals surface area contributed by atoms with E-state index in [0.29, 0.717) is 23.4 Å². The van der Waals surface area contributed by atoms with Gasteiger partial charge in [0.15, 0.2) is 5.78 Å². The Morgan fingerprint density at radius 2 is 1.62 bits per heavy atom. The Kier molecular flexibility index (Phi) is 6.58. The number of ketones is 1. The number of ether oxygens (including phenoxy) is 1. The minimum Gasteiger partial charge on any atom is -0.494 e. The molecule has 0 unspecified atom stereocenters. The molecular formula is C31H30FN3O2. The molecule has 37 heavy (non-hydrogen) atoms. The van der Waals surface area contributed by atoms with E-state index in [1.807, 2.05) is 54.6 Å². The Morgan fingerprint density at radius 1 is 0.838 bits per heavy atom. The Balaban J connectivity index is 0.998. The highest BCUT2D eigenvalue weighted by Gasteiger charge is 2.26. The molecule has 2 aliphatic rings. The molecule has 6 rings (SSSR count). The van der Waals surface area contributed by atoms with Crippen LogP contribution in [0.4, 0.5) is 10.1 Å². The second kappa shape index (κ2) is 10.3. The third-order valence-corrected chi connectivity index (χ3v) is 7.46. The second-order valence-electron chi connectivity index (χ2n) is 9.79. The van der Waals surface area contributed by atoms with E-state index in [1.54, 1.807) is 12.3 Å². The summed E-state index contributed by atoms with van der Waals surface area (Å²) < 4.78 is 20.1. The highest BCUT2D eigenvalue weighted by molar-refractivity contribution is 6.25. The number of nitrogens with zero attached hydrogens (tertiary/aromatic N) is 3. The SMILES string of the molecule is O=C1c2ccccc2-c2nccc3cc(OCCCCCN4CCN(c5ccccc5F)CC4)cc1c23. The number of pyridine rings is 1. The number of unbranched alkanes of at least 4 members (excludes halogenated alkanes) is 2. The van der Waals surface area contributed by atoms with Crippen molar-refractivity contribution in [1.29, 1.82) is 0 Å². The molecule has 1 aliphatic heterocycles. The van der Waals surface area contributed by atoms with Gasteiger partial charge in [-0.05, 0) is 61.5 Å². The molecular weight excluding hydrogens is 465 g/mol. The molecule has 0 N–H and O–H groups in total. The lowest BCUT2D eigenvalue weighted by Crippen LogP contribution is -2.46. The van der Waals surface area contributed by atoms with Gasteiger partial charge in [0.2, 0.25) is 0 Å². The third kappa shape index (κ3) is 4.69. The Morgan fingerprint density at radius 3 is 2.46 bits per heavy atom. The molecule has 0 radical (unpaired) electrons. The summed E-state index contributed by atoms with van der Waals surface area (Å²) >= 11 is 0. The maximum Gasteiger partial charge on any atom is 0.194 e. The normalized spacial score (nSPS) is 15.2. The molecule has 1 aromatic heterocycles. The van der Waals surface area contributed by atoms with Gasteiger partial charge in [0.05, 0.1) is 18.0 Å². The number of fused-ring (bicyclic) bond motifs is 2. The summed E-state index contributed by atoms with van der Waals surface area (Å²) in [5.41, 5.74) is 3.84. The van der Waals surface area contributed by atoms with E-state index in [1.165, 1.54) is 6.07 Å². The number of hydrogen-bond donors (Lipinski definition) is 0. The third-order valence-electron chi connectivity index (χ3n) is 7.46. The van der Waals surface area contributed by atoms with Gasteiger partial charge in [0.1, 0.15) is 11.6 Å². The van der Waals surface area contributed by atoms with Crippen LogP contribution in [0.1, 0.15) is 35.2 Å². The van der Waals surface area contributed by atoms with E-state index in [4.69, 9.17) is 4.74 Å². The summed E-state index contributed by atoms with van der Waals surface area (Å²) in [6, 6.07) is 20.5. The predicted octanol–water partition coefficient (Wildman–Crippen LogP) is 5.96. The summed E-state index contributed by atoms with van der Waals surface area (Å²) in [5, 5.41) is 1.89. The van der Waals surface area contributed by atoms with Gasteiger partial charge in [-0.1, -0.05) is 36.4 Å². The summed E-state index contributed by atoms with van der Waals surface area (Å²) in [6.45, 7) is 5.30. The van der Waals surface area contributed by atoms with E-state index in [9.17, 15) is 9.18 Å². The number of carbonyl (C=O) groups is 1. The number of halogens is 1. The topological polar surface area (TPSA) is 45.7 Å². The first-order valence-corrected chi connectivity index (χ1v) is 13.1. The minimum absolute atomic E-state index is 0.0293. The lowest BCUT2D eigenvalue weighted by molar-refractivity contribution is 0.103. The first-order chi connectivity index (χ1) is 18.2. The van der Waals surface area contributed by atoms with Crippen LogP contribution in [0.5, 0.6) is 5.75 Å². The van der Waals surface area contributed by atoms with Crippen LogP contribution in [0.15, 0.2) is 72.9 Å². The average molecular weight is 496 g/mol. The molecule has 6 heteroatoms. The van der Waals surface area contributed by atoms with Gasteiger partial charge >= 0.3 is 0 Å². The molecule has 3 aromatic carbocycles. The van der Waals surface area contributed by atoms with Crippen molar-refractivity contribution in [3.05, 3.63) is 89.9 Å². The molecule has 1 fully saturated rings. The van der Waals surface area contributed by atoms with Crippen LogP contribution in [0.2, 0.25) is 0 Å². The van der Waals surface area contributed by atoms with Crippen LogP contribution >= 0.6 is 0 Å². The average Bonchev–Trinajstić information content (AvgIpc) is 2.94. The number of para-hydroxylation sites is 1. The van der Waals surface area contributed by atoms with Gasteiger partial charge < -0.3 is 9.64 Å². The van der Waals surface area contributed by atoms with Crippen molar-refractivity contribution in [3.63, 3.8) is 0 Å². The summed E-state index contributed by atoms with van der Waals surface area (Å²) in [7, 11) is 0. The van der Waals surface area contributed by atoms with Crippen LogP contribution in [0, 0.1) is 5.82 Å². The number of rotatable bonds is 8. The largest absolute Gasteiger partial charge is 0.494 e. The fourth-order valence-corrected chi connectivity index (χ4v) is 5.51. The lowest BCUT2D eigenvalue weighted by Gasteiger charge is -2.36. The lowest BCUT2D eigenvalue weighted by atomic mass is 9.85. The summed E-state index contributed by atoms with van der Waals surface area (Å²) in [6.07, 6.45) is 4.94. The number of aromatic nitrogens is 1. The quantitative estimate of drug-likeness (QED) is 0.249. The van der Waals surface area contributed by atoms with Crippen molar-refractivity contribution in [2.75, 3.05) is 44.2 Å². The van der Waals surface area contributed by atoms with Gasteiger partial charge in [-0.15, -0.1) is 0 Å². The molecule has 4 aromatic rings. The Bertz CT molecular complexity index is 1450. The highest BCUT2D eigenvalue weighted by Crippen LogP contribution is 2.39. The minimum atomic E-state index is -0.141. The van der Waals surface area contributed by atoms with Crippen LogP contribution in [-0.4, -0.2) is 55.0 Å². The molecule has 0 amide bonds. The number of anilines is 1. The van der Waals surface area contributed by atoms with E-state index >= 15 is 0 Å². The van der Waals surface area contributed by atoms with Crippen LogP contribution in [0.3, 0.4) is 0 Å². The highest BCUT2D eigenvalue weighted by atomic mass is 19.1. The molecule has 0 atom stereocenters. The van der Waals surface area contributed by atoms with E-state index in [0.717, 1.165) is 79.8 Å². The van der Waals surface area contributed by atoms with Crippen LogP contribution in [-0.2, 0) is 0 Å².